The smallest absolute Gasteiger partial charge is 0.251 e. The lowest BCUT2D eigenvalue weighted by Crippen LogP contribution is -2.50. The molecule has 1 unspecified atom stereocenters. The average Bonchev–Trinajstić information content (AvgIpc) is 2.83. The number of carbonyl (C=O) groups excluding carboxylic acids is 2. The third-order valence-corrected chi connectivity index (χ3v) is 4.32. The van der Waals surface area contributed by atoms with E-state index in [1.54, 1.807) is 24.3 Å². The zero-order chi connectivity index (χ0) is 17.5. The second-order valence-electron chi connectivity index (χ2n) is 6.59. The summed E-state index contributed by atoms with van der Waals surface area (Å²) in [6.07, 6.45) is 1.56. The SMILES string of the molecule is CC(C)CC(NC(=O)c1ccc(Cl)cc1)C(=O)N1CCCNCC1. The van der Waals surface area contributed by atoms with Gasteiger partial charge in [0.1, 0.15) is 6.04 Å². The van der Waals surface area contributed by atoms with Gasteiger partial charge < -0.3 is 15.5 Å². The zero-order valence-corrected chi connectivity index (χ0v) is 15.1. The molecular formula is C18H26ClN3O2. The van der Waals surface area contributed by atoms with Crippen LogP contribution in [0.2, 0.25) is 5.02 Å². The zero-order valence-electron chi connectivity index (χ0n) is 14.3. The Morgan fingerprint density at radius 2 is 1.92 bits per heavy atom. The summed E-state index contributed by atoms with van der Waals surface area (Å²) in [5.41, 5.74) is 0.512. The first-order valence-corrected chi connectivity index (χ1v) is 8.91. The summed E-state index contributed by atoms with van der Waals surface area (Å²) in [5, 5.41) is 6.78. The lowest BCUT2D eigenvalue weighted by Gasteiger charge is -2.27. The van der Waals surface area contributed by atoms with Gasteiger partial charge in [-0.3, -0.25) is 9.59 Å². The van der Waals surface area contributed by atoms with Crippen molar-refractivity contribution in [3.63, 3.8) is 0 Å². The third-order valence-electron chi connectivity index (χ3n) is 4.07. The molecule has 1 atom stereocenters. The fourth-order valence-electron chi connectivity index (χ4n) is 2.82. The van der Waals surface area contributed by atoms with Crippen molar-refractivity contribution < 1.29 is 9.59 Å². The monoisotopic (exact) mass is 351 g/mol. The van der Waals surface area contributed by atoms with Gasteiger partial charge in [-0.2, -0.15) is 0 Å². The van der Waals surface area contributed by atoms with Crippen molar-refractivity contribution in [1.29, 1.82) is 0 Å². The molecule has 0 saturated carbocycles. The second kappa shape index (κ2) is 9.04. The highest BCUT2D eigenvalue weighted by atomic mass is 35.5. The molecule has 1 aliphatic rings. The molecule has 1 aromatic rings. The first-order valence-electron chi connectivity index (χ1n) is 8.53. The van der Waals surface area contributed by atoms with Crippen LogP contribution in [0.3, 0.4) is 0 Å². The Balaban J connectivity index is 2.07. The molecule has 0 aromatic heterocycles. The maximum atomic E-state index is 12.9. The van der Waals surface area contributed by atoms with E-state index < -0.39 is 6.04 Å². The number of nitrogens with zero attached hydrogens (tertiary/aromatic N) is 1. The number of carbonyl (C=O) groups is 2. The molecule has 1 aromatic carbocycles. The molecule has 1 saturated heterocycles. The standard InChI is InChI=1S/C18H26ClN3O2/c1-13(2)12-16(18(24)22-10-3-8-20-9-11-22)21-17(23)14-4-6-15(19)7-5-14/h4-7,13,16,20H,3,8-12H2,1-2H3,(H,21,23). The highest BCUT2D eigenvalue weighted by molar-refractivity contribution is 6.30. The molecule has 2 amide bonds. The van der Waals surface area contributed by atoms with Gasteiger partial charge in [-0.15, -0.1) is 0 Å². The Kier molecular flexibility index (Phi) is 7.06. The van der Waals surface area contributed by atoms with Gasteiger partial charge in [-0.25, -0.2) is 0 Å². The van der Waals surface area contributed by atoms with Gasteiger partial charge in [-0.05, 0) is 49.6 Å². The Bertz CT molecular complexity index is 552. The lowest BCUT2D eigenvalue weighted by atomic mass is 10.0. The predicted octanol–water partition coefficient (Wildman–Crippen LogP) is 2.31. The summed E-state index contributed by atoms with van der Waals surface area (Å²) in [7, 11) is 0. The van der Waals surface area contributed by atoms with Crippen molar-refractivity contribution in [3.8, 4) is 0 Å². The average molecular weight is 352 g/mol. The van der Waals surface area contributed by atoms with Crippen molar-refractivity contribution >= 4 is 23.4 Å². The van der Waals surface area contributed by atoms with Gasteiger partial charge in [0.05, 0.1) is 0 Å². The van der Waals surface area contributed by atoms with Crippen LogP contribution in [0.15, 0.2) is 24.3 Å². The molecule has 5 nitrogen and oxygen atoms in total. The molecule has 2 N–H and O–H groups in total. The normalized spacial score (nSPS) is 16.6. The predicted molar refractivity (Wildman–Crippen MR) is 96.2 cm³/mol. The van der Waals surface area contributed by atoms with Gasteiger partial charge >= 0.3 is 0 Å². The van der Waals surface area contributed by atoms with E-state index in [2.05, 4.69) is 24.5 Å². The molecule has 0 radical (unpaired) electrons. The number of amides is 2. The van der Waals surface area contributed by atoms with E-state index in [0.29, 0.717) is 29.5 Å². The molecule has 24 heavy (non-hydrogen) atoms. The molecule has 6 heteroatoms. The summed E-state index contributed by atoms with van der Waals surface area (Å²) < 4.78 is 0. The first-order chi connectivity index (χ1) is 11.5. The van der Waals surface area contributed by atoms with E-state index in [0.717, 1.165) is 26.1 Å². The second-order valence-corrected chi connectivity index (χ2v) is 7.03. The molecule has 132 valence electrons. The summed E-state index contributed by atoms with van der Waals surface area (Å²) >= 11 is 5.86. The van der Waals surface area contributed by atoms with Crippen molar-refractivity contribution in [2.24, 2.45) is 5.92 Å². The molecule has 0 bridgehead atoms. The minimum atomic E-state index is -0.494. The van der Waals surface area contributed by atoms with Gasteiger partial charge in [-0.1, -0.05) is 25.4 Å². The summed E-state index contributed by atoms with van der Waals surface area (Å²) in [6.45, 7) is 7.25. The van der Waals surface area contributed by atoms with Gasteiger partial charge in [0, 0.05) is 30.2 Å². The van der Waals surface area contributed by atoms with Crippen molar-refractivity contribution in [1.82, 2.24) is 15.5 Å². The van der Waals surface area contributed by atoms with E-state index in [1.165, 1.54) is 0 Å². The topological polar surface area (TPSA) is 61.4 Å². The number of rotatable bonds is 5. The maximum Gasteiger partial charge on any atom is 0.251 e. The van der Waals surface area contributed by atoms with Gasteiger partial charge in [0.2, 0.25) is 5.91 Å². The van der Waals surface area contributed by atoms with Crippen LogP contribution in [0.4, 0.5) is 0 Å². The minimum Gasteiger partial charge on any atom is -0.340 e. The fourth-order valence-corrected chi connectivity index (χ4v) is 2.95. The van der Waals surface area contributed by atoms with Gasteiger partial charge in [0.15, 0.2) is 0 Å². The Morgan fingerprint density at radius 3 is 2.58 bits per heavy atom. The van der Waals surface area contributed by atoms with E-state index in [-0.39, 0.29) is 11.8 Å². The van der Waals surface area contributed by atoms with Crippen LogP contribution in [-0.4, -0.2) is 48.9 Å². The molecule has 1 aliphatic heterocycles. The largest absolute Gasteiger partial charge is 0.340 e. The van der Waals surface area contributed by atoms with Crippen LogP contribution in [-0.2, 0) is 4.79 Å². The van der Waals surface area contributed by atoms with Crippen molar-refractivity contribution in [3.05, 3.63) is 34.9 Å². The quantitative estimate of drug-likeness (QED) is 0.855. The maximum absolute atomic E-state index is 12.9. The Labute approximate surface area is 148 Å². The number of hydrogen-bond donors (Lipinski definition) is 2. The summed E-state index contributed by atoms with van der Waals surface area (Å²) in [4.78, 5) is 27.2. The number of halogens is 1. The molecule has 1 heterocycles. The molecule has 2 rings (SSSR count). The minimum absolute atomic E-state index is 0.00899. The van der Waals surface area contributed by atoms with E-state index in [9.17, 15) is 9.59 Å². The number of benzene rings is 1. The van der Waals surface area contributed by atoms with E-state index in [1.807, 2.05) is 4.90 Å². The van der Waals surface area contributed by atoms with Crippen LogP contribution in [0, 0.1) is 5.92 Å². The highest BCUT2D eigenvalue weighted by Gasteiger charge is 2.27. The Morgan fingerprint density at radius 1 is 1.21 bits per heavy atom. The molecule has 1 fully saturated rings. The summed E-state index contributed by atoms with van der Waals surface area (Å²) in [5.74, 6) is 0.0860. The van der Waals surface area contributed by atoms with Crippen molar-refractivity contribution in [2.45, 2.75) is 32.7 Å². The highest BCUT2D eigenvalue weighted by Crippen LogP contribution is 2.13. The molecule has 0 aliphatic carbocycles. The lowest BCUT2D eigenvalue weighted by molar-refractivity contribution is -0.133. The Hall–Kier alpha value is -1.59. The van der Waals surface area contributed by atoms with Crippen LogP contribution >= 0.6 is 11.6 Å². The summed E-state index contributed by atoms with van der Waals surface area (Å²) in [6, 6.07) is 6.20. The van der Waals surface area contributed by atoms with Crippen LogP contribution < -0.4 is 10.6 Å². The fraction of sp³-hybridized carbons (Fsp3) is 0.556. The number of hydrogen-bond acceptors (Lipinski definition) is 3. The van der Waals surface area contributed by atoms with Crippen molar-refractivity contribution in [2.75, 3.05) is 26.2 Å². The van der Waals surface area contributed by atoms with Crippen LogP contribution in [0.5, 0.6) is 0 Å². The number of nitrogens with one attached hydrogen (secondary N) is 2. The van der Waals surface area contributed by atoms with E-state index >= 15 is 0 Å². The molecular weight excluding hydrogens is 326 g/mol. The first kappa shape index (κ1) is 18.7. The molecule has 0 spiro atoms. The third kappa shape index (κ3) is 5.49. The van der Waals surface area contributed by atoms with Crippen LogP contribution in [0.1, 0.15) is 37.0 Å². The van der Waals surface area contributed by atoms with E-state index in [4.69, 9.17) is 11.6 Å². The van der Waals surface area contributed by atoms with Gasteiger partial charge in [0.25, 0.3) is 5.91 Å². The van der Waals surface area contributed by atoms with Crippen LogP contribution in [0.25, 0.3) is 0 Å².